The fourth-order valence-corrected chi connectivity index (χ4v) is 3.34. The largest absolute Gasteiger partial charge is 0.316 e. The average Bonchev–Trinajstić information content (AvgIpc) is 2.70. The minimum absolute atomic E-state index is 0.00352. The van der Waals surface area contributed by atoms with Crippen LogP contribution in [0.1, 0.15) is 6.42 Å². The maximum absolute atomic E-state index is 11.9. The third kappa shape index (κ3) is 2.69. The van der Waals surface area contributed by atoms with Gasteiger partial charge in [0, 0.05) is 0 Å². The molecule has 1 aromatic rings. The SMILES string of the molecule is O=S(=O)(C[C@H]1CCNC1)c1ccc(Cl)nn1. The van der Waals surface area contributed by atoms with Gasteiger partial charge in [-0.2, -0.15) is 0 Å². The highest BCUT2D eigenvalue weighted by Crippen LogP contribution is 2.16. The minimum Gasteiger partial charge on any atom is -0.316 e. The number of halogens is 1. The zero-order valence-electron chi connectivity index (χ0n) is 8.56. The Hall–Kier alpha value is -0.720. The Balaban J connectivity index is 2.14. The molecule has 1 N–H and O–H groups in total. The molecule has 88 valence electrons. The molecule has 1 saturated heterocycles. The molecule has 0 spiro atoms. The van der Waals surface area contributed by atoms with E-state index in [9.17, 15) is 8.42 Å². The highest BCUT2D eigenvalue weighted by molar-refractivity contribution is 7.91. The first kappa shape index (κ1) is 11.8. The second kappa shape index (κ2) is 4.65. The lowest BCUT2D eigenvalue weighted by molar-refractivity contribution is 0.565. The van der Waals surface area contributed by atoms with E-state index in [1.165, 1.54) is 12.1 Å². The molecule has 0 aromatic carbocycles. The third-order valence-electron chi connectivity index (χ3n) is 2.54. The van der Waals surface area contributed by atoms with Crippen molar-refractivity contribution in [3.8, 4) is 0 Å². The number of nitrogens with zero attached hydrogens (tertiary/aromatic N) is 2. The Bertz CT molecular complexity index is 454. The number of rotatable bonds is 3. The van der Waals surface area contributed by atoms with Crippen LogP contribution in [-0.2, 0) is 9.84 Å². The smallest absolute Gasteiger partial charge is 0.197 e. The number of sulfone groups is 1. The lowest BCUT2D eigenvalue weighted by Crippen LogP contribution is -2.19. The fourth-order valence-electron chi connectivity index (χ4n) is 1.72. The van der Waals surface area contributed by atoms with Crippen LogP contribution in [0.15, 0.2) is 17.2 Å². The van der Waals surface area contributed by atoms with Gasteiger partial charge in [0.25, 0.3) is 0 Å². The maximum Gasteiger partial charge on any atom is 0.197 e. The monoisotopic (exact) mass is 261 g/mol. The van der Waals surface area contributed by atoms with Crippen LogP contribution in [0.3, 0.4) is 0 Å². The van der Waals surface area contributed by atoms with Crippen LogP contribution in [0.25, 0.3) is 0 Å². The topological polar surface area (TPSA) is 72.0 Å². The van der Waals surface area contributed by atoms with Crippen molar-refractivity contribution in [2.45, 2.75) is 11.4 Å². The molecule has 2 heterocycles. The zero-order valence-corrected chi connectivity index (χ0v) is 10.1. The number of hydrogen-bond donors (Lipinski definition) is 1. The van der Waals surface area contributed by atoms with Gasteiger partial charge in [0.15, 0.2) is 20.0 Å². The maximum atomic E-state index is 11.9. The van der Waals surface area contributed by atoms with E-state index >= 15 is 0 Å². The Kier molecular flexibility index (Phi) is 3.41. The first-order chi connectivity index (χ1) is 7.58. The highest BCUT2D eigenvalue weighted by atomic mass is 35.5. The molecular weight excluding hydrogens is 250 g/mol. The Morgan fingerprint density at radius 1 is 1.44 bits per heavy atom. The summed E-state index contributed by atoms with van der Waals surface area (Å²) in [6.45, 7) is 1.63. The van der Waals surface area contributed by atoms with Crippen LogP contribution in [0.2, 0.25) is 5.15 Å². The van der Waals surface area contributed by atoms with E-state index in [2.05, 4.69) is 15.5 Å². The summed E-state index contributed by atoms with van der Waals surface area (Å²) in [7, 11) is -3.33. The van der Waals surface area contributed by atoms with Crippen molar-refractivity contribution in [1.82, 2.24) is 15.5 Å². The van der Waals surface area contributed by atoms with Gasteiger partial charge in [0.05, 0.1) is 5.75 Å². The Morgan fingerprint density at radius 3 is 2.81 bits per heavy atom. The molecule has 1 aliphatic rings. The molecule has 0 aliphatic carbocycles. The summed E-state index contributed by atoms with van der Waals surface area (Å²) >= 11 is 5.55. The van der Waals surface area contributed by atoms with Gasteiger partial charge in [-0.05, 0) is 37.6 Å². The summed E-state index contributed by atoms with van der Waals surface area (Å²) in [4.78, 5) is 0. The van der Waals surface area contributed by atoms with Crippen molar-refractivity contribution in [2.24, 2.45) is 5.92 Å². The van der Waals surface area contributed by atoms with E-state index in [1.807, 2.05) is 0 Å². The standard InChI is InChI=1S/C9H12ClN3O2S/c10-8-1-2-9(13-12-8)16(14,15)6-7-3-4-11-5-7/h1-2,7,11H,3-6H2/t7-/m0/s1. The van der Waals surface area contributed by atoms with Gasteiger partial charge in [-0.1, -0.05) is 11.6 Å². The van der Waals surface area contributed by atoms with Gasteiger partial charge in [0.1, 0.15) is 0 Å². The summed E-state index contributed by atoms with van der Waals surface area (Å²) in [5.74, 6) is 0.290. The third-order valence-corrected chi connectivity index (χ3v) is 4.51. The molecule has 0 saturated carbocycles. The molecule has 7 heteroatoms. The normalized spacial score (nSPS) is 21.2. The summed E-state index contributed by atoms with van der Waals surface area (Å²) in [5, 5.41) is 10.5. The number of aromatic nitrogens is 2. The second-order valence-electron chi connectivity index (χ2n) is 3.83. The first-order valence-corrected chi connectivity index (χ1v) is 7.04. The van der Waals surface area contributed by atoms with E-state index < -0.39 is 9.84 Å². The molecule has 0 radical (unpaired) electrons. The fraction of sp³-hybridized carbons (Fsp3) is 0.556. The predicted molar refractivity (Wildman–Crippen MR) is 60.1 cm³/mol. The molecule has 0 unspecified atom stereocenters. The van der Waals surface area contributed by atoms with Crippen LogP contribution in [0.5, 0.6) is 0 Å². The number of nitrogens with one attached hydrogen (secondary N) is 1. The molecule has 1 atom stereocenters. The van der Waals surface area contributed by atoms with Crippen molar-refractivity contribution in [3.05, 3.63) is 17.3 Å². The zero-order chi connectivity index (χ0) is 11.6. The van der Waals surface area contributed by atoms with Crippen molar-refractivity contribution in [2.75, 3.05) is 18.8 Å². The highest BCUT2D eigenvalue weighted by Gasteiger charge is 2.25. The molecule has 0 amide bonds. The number of hydrogen-bond acceptors (Lipinski definition) is 5. The predicted octanol–water partition coefficient (Wildman–Crippen LogP) is 0.513. The van der Waals surface area contributed by atoms with Crippen molar-refractivity contribution >= 4 is 21.4 Å². The molecular formula is C9H12ClN3O2S. The van der Waals surface area contributed by atoms with Gasteiger partial charge in [-0.15, -0.1) is 10.2 Å². The van der Waals surface area contributed by atoms with Crippen molar-refractivity contribution in [1.29, 1.82) is 0 Å². The van der Waals surface area contributed by atoms with Crippen LogP contribution >= 0.6 is 11.6 Å². The van der Waals surface area contributed by atoms with E-state index in [0.29, 0.717) is 0 Å². The van der Waals surface area contributed by atoms with Gasteiger partial charge in [-0.25, -0.2) is 8.42 Å². The van der Waals surface area contributed by atoms with Gasteiger partial charge in [-0.3, -0.25) is 0 Å². The van der Waals surface area contributed by atoms with Crippen molar-refractivity contribution < 1.29 is 8.42 Å². The van der Waals surface area contributed by atoms with Crippen molar-refractivity contribution in [3.63, 3.8) is 0 Å². The van der Waals surface area contributed by atoms with E-state index in [-0.39, 0.29) is 21.8 Å². The second-order valence-corrected chi connectivity index (χ2v) is 6.20. The first-order valence-electron chi connectivity index (χ1n) is 5.00. The molecule has 2 rings (SSSR count). The molecule has 16 heavy (non-hydrogen) atoms. The lowest BCUT2D eigenvalue weighted by Gasteiger charge is -2.07. The van der Waals surface area contributed by atoms with Gasteiger partial charge >= 0.3 is 0 Å². The molecule has 1 fully saturated rings. The molecule has 1 aliphatic heterocycles. The van der Waals surface area contributed by atoms with E-state index in [0.717, 1.165) is 19.5 Å². The summed E-state index contributed by atoms with van der Waals surface area (Å²) in [5.41, 5.74) is 0. The Morgan fingerprint density at radius 2 is 2.25 bits per heavy atom. The van der Waals surface area contributed by atoms with Crippen LogP contribution in [-0.4, -0.2) is 37.5 Å². The molecule has 1 aromatic heterocycles. The van der Waals surface area contributed by atoms with Crippen LogP contribution < -0.4 is 5.32 Å². The van der Waals surface area contributed by atoms with E-state index in [4.69, 9.17) is 11.6 Å². The van der Waals surface area contributed by atoms with E-state index in [1.54, 1.807) is 0 Å². The van der Waals surface area contributed by atoms with Gasteiger partial charge < -0.3 is 5.32 Å². The Labute approximate surface area is 99.1 Å². The van der Waals surface area contributed by atoms with Crippen LogP contribution in [0.4, 0.5) is 0 Å². The van der Waals surface area contributed by atoms with Gasteiger partial charge in [0.2, 0.25) is 0 Å². The molecule has 0 bridgehead atoms. The quantitative estimate of drug-likeness (QED) is 0.859. The molecule has 5 nitrogen and oxygen atoms in total. The lowest BCUT2D eigenvalue weighted by atomic mass is 10.2. The summed E-state index contributed by atoms with van der Waals surface area (Å²) in [6.07, 6.45) is 0.889. The minimum atomic E-state index is -3.33. The summed E-state index contributed by atoms with van der Waals surface area (Å²) in [6, 6.07) is 2.83. The average molecular weight is 262 g/mol. The summed E-state index contributed by atoms with van der Waals surface area (Å²) < 4.78 is 23.9. The van der Waals surface area contributed by atoms with Crippen LogP contribution in [0, 0.1) is 5.92 Å².